The highest BCUT2D eigenvalue weighted by molar-refractivity contribution is 5.96. The van der Waals surface area contributed by atoms with Gasteiger partial charge in [-0.1, -0.05) is 0 Å². The van der Waals surface area contributed by atoms with Crippen molar-refractivity contribution in [3.63, 3.8) is 0 Å². The van der Waals surface area contributed by atoms with Crippen LogP contribution in [-0.2, 0) is 11.3 Å². The summed E-state index contributed by atoms with van der Waals surface area (Å²) in [5, 5.41) is 6.77. The first-order valence-electron chi connectivity index (χ1n) is 6.46. The zero-order valence-corrected chi connectivity index (χ0v) is 11.5. The van der Waals surface area contributed by atoms with Crippen molar-refractivity contribution in [1.29, 1.82) is 0 Å². The molecular weight excluding hydrogens is 246 g/mol. The fourth-order valence-corrected chi connectivity index (χ4v) is 1.96. The van der Waals surface area contributed by atoms with Crippen LogP contribution in [0.4, 0.5) is 10.6 Å². The molecule has 6 heteroatoms. The number of hydrogen-bond donors (Lipinski definition) is 1. The smallest absolute Gasteiger partial charge is 0.413 e. The molecule has 2 heterocycles. The lowest BCUT2D eigenvalue weighted by atomic mass is 10.1. The van der Waals surface area contributed by atoms with Gasteiger partial charge in [-0.2, -0.15) is 5.10 Å². The molecule has 0 bridgehead atoms. The predicted molar refractivity (Wildman–Crippen MR) is 70.3 cm³/mol. The van der Waals surface area contributed by atoms with Gasteiger partial charge in [0.1, 0.15) is 11.3 Å². The molecule has 0 aliphatic carbocycles. The maximum absolute atomic E-state index is 11.8. The molecule has 0 saturated carbocycles. The number of aromatic nitrogens is 2. The van der Waals surface area contributed by atoms with Crippen LogP contribution in [0.25, 0.3) is 0 Å². The van der Waals surface area contributed by atoms with Crippen LogP contribution in [0.15, 0.2) is 6.07 Å². The lowest BCUT2D eigenvalue weighted by Gasteiger charge is -2.19. The molecule has 1 aromatic heterocycles. The number of hydrogen-bond acceptors (Lipinski definition) is 4. The van der Waals surface area contributed by atoms with E-state index in [1.807, 2.05) is 0 Å². The van der Waals surface area contributed by atoms with E-state index in [0.29, 0.717) is 24.5 Å². The van der Waals surface area contributed by atoms with E-state index < -0.39 is 11.7 Å². The summed E-state index contributed by atoms with van der Waals surface area (Å²) >= 11 is 0. The van der Waals surface area contributed by atoms with Crippen molar-refractivity contribution in [2.75, 3.05) is 5.32 Å². The van der Waals surface area contributed by atoms with E-state index in [-0.39, 0.29) is 5.78 Å². The number of ether oxygens (including phenoxy) is 1. The van der Waals surface area contributed by atoms with Crippen LogP contribution in [0, 0.1) is 0 Å². The van der Waals surface area contributed by atoms with Crippen LogP contribution in [0.1, 0.15) is 50.5 Å². The minimum atomic E-state index is -0.562. The molecule has 1 amide bonds. The average molecular weight is 265 g/mol. The molecule has 0 aromatic carbocycles. The largest absolute Gasteiger partial charge is 0.444 e. The average Bonchev–Trinajstić information content (AvgIpc) is 2.57. The fraction of sp³-hybridized carbons (Fsp3) is 0.615. The zero-order valence-electron chi connectivity index (χ0n) is 11.5. The van der Waals surface area contributed by atoms with Crippen molar-refractivity contribution < 1.29 is 14.3 Å². The number of aryl methyl sites for hydroxylation is 1. The standard InChI is InChI=1S/C13H19N3O3/c1-13(2,3)19-12(18)14-11-8-9-10(17)6-4-5-7-16(9)15-11/h8H,4-7H2,1-3H3,(H,14,15,18). The number of amides is 1. The number of nitrogens with one attached hydrogen (secondary N) is 1. The van der Waals surface area contributed by atoms with Gasteiger partial charge in [-0.05, 0) is 33.6 Å². The maximum Gasteiger partial charge on any atom is 0.413 e. The summed E-state index contributed by atoms with van der Waals surface area (Å²) in [4.78, 5) is 23.5. The molecule has 0 spiro atoms. The highest BCUT2D eigenvalue weighted by Gasteiger charge is 2.21. The summed E-state index contributed by atoms with van der Waals surface area (Å²) < 4.78 is 6.80. The lowest BCUT2D eigenvalue weighted by Crippen LogP contribution is -2.27. The molecule has 0 unspecified atom stereocenters. The van der Waals surface area contributed by atoms with Gasteiger partial charge in [0.2, 0.25) is 0 Å². The number of Topliss-reactive ketones (excluding diaryl/α,β-unsaturated/α-hetero) is 1. The zero-order chi connectivity index (χ0) is 14.0. The fourth-order valence-electron chi connectivity index (χ4n) is 1.96. The molecule has 2 rings (SSSR count). The Bertz CT molecular complexity index is 500. The van der Waals surface area contributed by atoms with Gasteiger partial charge in [-0.15, -0.1) is 0 Å². The molecule has 0 saturated heterocycles. The Kier molecular flexibility index (Phi) is 3.59. The van der Waals surface area contributed by atoms with Gasteiger partial charge in [0.15, 0.2) is 11.6 Å². The molecule has 1 N–H and O–H groups in total. The first kappa shape index (κ1) is 13.6. The van der Waals surface area contributed by atoms with Crippen LogP contribution >= 0.6 is 0 Å². The number of ketones is 1. The number of carbonyl (C=O) groups is 2. The Balaban J connectivity index is 2.09. The summed E-state index contributed by atoms with van der Waals surface area (Å²) in [5.74, 6) is 0.432. The van der Waals surface area contributed by atoms with Crippen molar-refractivity contribution in [2.45, 2.75) is 52.2 Å². The Morgan fingerprint density at radius 2 is 2.16 bits per heavy atom. The SMILES string of the molecule is CC(C)(C)OC(=O)Nc1cc2n(n1)CCCCC2=O. The molecule has 1 aromatic rings. The van der Waals surface area contributed by atoms with Crippen molar-refractivity contribution in [3.05, 3.63) is 11.8 Å². The van der Waals surface area contributed by atoms with Gasteiger partial charge in [-0.3, -0.25) is 14.8 Å². The van der Waals surface area contributed by atoms with Gasteiger partial charge in [0.05, 0.1) is 0 Å². The van der Waals surface area contributed by atoms with E-state index in [2.05, 4.69) is 10.4 Å². The Hall–Kier alpha value is -1.85. The number of fused-ring (bicyclic) bond motifs is 1. The van der Waals surface area contributed by atoms with Crippen molar-refractivity contribution in [1.82, 2.24) is 9.78 Å². The highest BCUT2D eigenvalue weighted by atomic mass is 16.6. The number of rotatable bonds is 1. The third kappa shape index (κ3) is 3.56. The molecule has 104 valence electrons. The summed E-state index contributed by atoms with van der Waals surface area (Å²) in [6.07, 6.45) is 1.79. The van der Waals surface area contributed by atoms with Crippen LogP contribution < -0.4 is 5.32 Å². The summed E-state index contributed by atoms with van der Waals surface area (Å²) in [6, 6.07) is 1.61. The Morgan fingerprint density at radius 3 is 2.84 bits per heavy atom. The van der Waals surface area contributed by atoms with Crippen molar-refractivity contribution in [2.24, 2.45) is 0 Å². The second-order valence-electron chi connectivity index (χ2n) is 5.65. The molecule has 0 radical (unpaired) electrons. The summed E-state index contributed by atoms with van der Waals surface area (Å²) in [6.45, 7) is 6.08. The van der Waals surface area contributed by atoms with Crippen LogP contribution in [0.2, 0.25) is 0 Å². The third-order valence-corrected chi connectivity index (χ3v) is 2.72. The molecule has 0 atom stereocenters. The van der Waals surface area contributed by atoms with Gasteiger partial charge in [0, 0.05) is 19.0 Å². The second kappa shape index (κ2) is 5.03. The molecule has 1 aliphatic heterocycles. The van der Waals surface area contributed by atoms with E-state index in [1.54, 1.807) is 31.5 Å². The minimum absolute atomic E-state index is 0.0715. The molecule has 0 fully saturated rings. The molecule has 6 nitrogen and oxygen atoms in total. The van der Waals surface area contributed by atoms with Crippen LogP contribution in [0.5, 0.6) is 0 Å². The van der Waals surface area contributed by atoms with Gasteiger partial charge >= 0.3 is 6.09 Å². The Labute approximate surface area is 112 Å². The van der Waals surface area contributed by atoms with E-state index in [9.17, 15) is 9.59 Å². The van der Waals surface area contributed by atoms with Gasteiger partial charge in [0.25, 0.3) is 0 Å². The first-order chi connectivity index (χ1) is 8.85. The van der Waals surface area contributed by atoms with E-state index >= 15 is 0 Å². The monoisotopic (exact) mass is 265 g/mol. The molecule has 1 aliphatic rings. The minimum Gasteiger partial charge on any atom is -0.444 e. The van der Waals surface area contributed by atoms with Gasteiger partial charge in [-0.25, -0.2) is 4.79 Å². The highest BCUT2D eigenvalue weighted by Crippen LogP contribution is 2.18. The van der Waals surface area contributed by atoms with Crippen molar-refractivity contribution >= 4 is 17.7 Å². The predicted octanol–water partition coefficient (Wildman–Crippen LogP) is 2.60. The lowest BCUT2D eigenvalue weighted by molar-refractivity contribution is 0.0635. The summed E-state index contributed by atoms with van der Waals surface area (Å²) in [5.41, 5.74) is 0.0000565. The molecule has 19 heavy (non-hydrogen) atoms. The van der Waals surface area contributed by atoms with E-state index in [1.165, 1.54) is 0 Å². The summed E-state index contributed by atoms with van der Waals surface area (Å²) in [7, 11) is 0. The van der Waals surface area contributed by atoms with E-state index in [0.717, 1.165) is 12.8 Å². The number of carbonyl (C=O) groups excluding carboxylic acids is 2. The quantitative estimate of drug-likeness (QED) is 0.847. The van der Waals surface area contributed by atoms with Crippen LogP contribution in [0.3, 0.4) is 0 Å². The Morgan fingerprint density at radius 1 is 1.42 bits per heavy atom. The second-order valence-corrected chi connectivity index (χ2v) is 5.65. The topological polar surface area (TPSA) is 73.2 Å². The van der Waals surface area contributed by atoms with Crippen molar-refractivity contribution in [3.8, 4) is 0 Å². The number of anilines is 1. The van der Waals surface area contributed by atoms with E-state index in [4.69, 9.17) is 4.74 Å². The maximum atomic E-state index is 11.8. The van der Waals surface area contributed by atoms with Gasteiger partial charge < -0.3 is 4.74 Å². The first-order valence-corrected chi connectivity index (χ1v) is 6.46. The number of nitrogens with zero attached hydrogens (tertiary/aromatic N) is 2. The molecular formula is C13H19N3O3. The third-order valence-electron chi connectivity index (χ3n) is 2.72. The van der Waals surface area contributed by atoms with Crippen LogP contribution in [-0.4, -0.2) is 27.3 Å². The normalized spacial score (nSPS) is 15.6.